The van der Waals surface area contributed by atoms with Gasteiger partial charge in [0.25, 0.3) is 11.6 Å². The van der Waals surface area contributed by atoms with Gasteiger partial charge in [-0.25, -0.2) is 0 Å². The van der Waals surface area contributed by atoms with Gasteiger partial charge in [0.1, 0.15) is 0 Å². The number of rotatable bonds is 1. The molecule has 0 aliphatic heterocycles. The first-order chi connectivity index (χ1) is 5.15. The van der Waals surface area contributed by atoms with Crippen LogP contribution in [0.2, 0.25) is 0 Å². The normalized spacial score (nSPS) is 9.64. The lowest BCUT2D eigenvalue weighted by molar-refractivity contribution is 0.375. The van der Waals surface area contributed by atoms with Crippen molar-refractivity contribution < 1.29 is 9.13 Å². The number of H-pyrrole nitrogens is 1. The molecule has 0 aromatic carbocycles. The number of anilines is 1. The van der Waals surface area contributed by atoms with Gasteiger partial charge in [-0.15, -0.1) is 0 Å². The number of nitrogens with two attached hydrogens (primary N) is 1. The maximum Gasteiger partial charge on any atom is 0.298 e. The third kappa shape index (κ3) is 1.28. The molecule has 1 heterocycles. The van der Waals surface area contributed by atoms with Crippen LogP contribution < -0.4 is 16.0 Å². The highest BCUT2D eigenvalue weighted by Crippen LogP contribution is 2.03. The van der Waals surface area contributed by atoms with Crippen molar-refractivity contribution in [3.05, 3.63) is 16.2 Å². The lowest BCUT2D eigenvalue weighted by atomic mass is 10.5. The molecule has 6 heteroatoms. The van der Waals surface area contributed by atoms with Gasteiger partial charge in [0.15, 0.2) is 5.82 Å². The predicted molar refractivity (Wildman–Crippen MR) is 35.8 cm³/mol. The van der Waals surface area contributed by atoms with Crippen molar-refractivity contribution in [2.75, 3.05) is 12.8 Å². The first-order valence-corrected chi connectivity index (χ1v) is 2.74. The summed E-state index contributed by atoms with van der Waals surface area (Å²) in [4.78, 5) is 16.0. The Kier molecular flexibility index (Phi) is 1.75. The number of aromatic amines is 1. The average molecular weight is 159 g/mol. The summed E-state index contributed by atoms with van der Waals surface area (Å²) >= 11 is 0. The molecule has 1 aromatic rings. The lowest BCUT2D eigenvalue weighted by Crippen LogP contribution is -2.16. The molecular formula is C5H6FN3O2. The number of hydrogen-bond acceptors (Lipinski definition) is 4. The molecule has 1 rings (SSSR count). The summed E-state index contributed by atoms with van der Waals surface area (Å²) in [5.74, 6) is -1.56. The van der Waals surface area contributed by atoms with E-state index in [1.807, 2.05) is 4.98 Å². The Bertz CT molecular complexity index is 322. The minimum atomic E-state index is -1.09. The fraction of sp³-hybridized carbons (Fsp3) is 0.200. The summed E-state index contributed by atoms with van der Waals surface area (Å²) in [6.45, 7) is 0. The van der Waals surface area contributed by atoms with Crippen LogP contribution in [-0.4, -0.2) is 17.1 Å². The van der Waals surface area contributed by atoms with E-state index in [0.717, 1.165) is 0 Å². The first-order valence-electron chi connectivity index (χ1n) is 2.74. The van der Waals surface area contributed by atoms with E-state index < -0.39 is 17.2 Å². The summed E-state index contributed by atoms with van der Waals surface area (Å²) in [5.41, 5.74) is 4.08. The monoisotopic (exact) mass is 159 g/mol. The number of nitrogens with one attached hydrogen (secondary N) is 1. The number of nitrogens with zero attached hydrogens (tertiary/aromatic N) is 1. The standard InChI is InChI=1S/C5H6FN3O2/c1-11-5-8-3(7)2(6)4(10)9-5/h1H3,(H3,7,8,9,10). The second-order valence-electron chi connectivity index (χ2n) is 1.77. The third-order valence-electron chi connectivity index (χ3n) is 1.06. The van der Waals surface area contributed by atoms with Crippen molar-refractivity contribution >= 4 is 5.82 Å². The third-order valence-corrected chi connectivity index (χ3v) is 1.06. The van der Waals surface area contributed by atoms with Crippen molar-refractivity contribution in [3.63, 3.8) is 0 Å². The number of aromatic nitrogens is 2. The van der Waals surface area contributed by atoms with Crippen LogP contribution >= 0.6 is 0 Å². The van der Waals surface area contributed by atoms with Gasteiger partial charge in [0, 0.05) is 0 Å². The quantitative estimate of drug-likeness (QED) is 0.578. The number of nitrogen functional groups attached to an aromatic ring is 1. The molecule has 0 saturated carbocycles. The Hall–Kier alpha value is -1.59. The smallest absolute Gasteiger partial charge is 0.298 e. The molecule has 0 spiro atoms. The van der Waals surface area contributed by atoms with E-state index in [1.165, 1.54) is 7.11 Å². The molecule has 1 aromatic heterocycles. The maximum atomic E-state index is 12.5. The van der Waals surface area contributed by atoms with E-state index in [-0.39, 0.29) is 6.01 Å². The van der Waals surface area contributed by atoms with Crippen molar-refractivity contribution in [3.8, 4) is 6.01 Å². The van der Waals surface area contributed by atoms with Crippen LogP contribution in [-0.2, 0) is 0 Å². The predicted octanol–water partition coefficient (Wildman–Crippen LogP) is -0.500. The number of halogens is 1. The van der Waals surface area contributed by atoms with Crippen LogP contribution in [0.15, 0.2) is 4.79 Å². The van der Waals surface area contributed by atoms with Gasteiger partial charge < -0.3 is 10.5 Å². The zero-order valence-electron chi connectivity index (χ0n) is 5.72. The highest BCUT2D eigenvalue weighted by atomic mass is 19.1. The maximum absolute atomic E-state index is 12.5. The van der Waals surface area contributed by atoms with Crippen LogP contribution in [0.4, 0.5) is 10.2 Å². The molecule has 0 saturated heterocycles. The molecule has 0 bridgehead atoms. The second-order valence-corrected chi connectivity index (χ2v) is 1.77. The summed E-state index contributed by atoms with van der Waals surface area (Å²) < 4.78 is 17.0. The van der Waals surface area contributed by atoms with E-state index in [2.05, 4.69) is 9.72 Å². The molecule has 0 fully saturated rings. The minimum absolute atomic E-state index is 0.103. The highest BCUT2D eigenvalue weighted by Gasteiger charge is 2.06. The Balaban J connectivity index is 3.32. The minimum Gasteiger partial charge on any atom is -0.468 e. The van der Waals surface area contributed by atoms with Gasteiger partial charge in [0.05, 0.1) is 7.11 Å². The summed E-state index contributed by atoms with van der Waals surface area (Å²) in [5, 5.41) is 0. The van der Waals surface area contributed by atoms with E-state index in [0.29, 0.717) is 0 Å². The average Bonchev–Trinajstić information content (AvgIpc) is 1.99. The van der Waals surface area contributed by atoms with Crippen LogP contribution in [0, 0.1) is 5.82 Å². The Morgan fingerprint density at radius 3 is 2.82 bits per heavy atom. The van der Waals surface area contributed by atoms with E-state index in [9.17, 15) is 9.18 Å². The molecule has 0 radical (unpaired) electrons. The van der Waals surface area contributed by atoms with E-state index in [4.69, 9.17) is 5.73 Å². The number of hydrogen-bond donors (Lipinski definition) is 2. The number of methoxy groups -OCH3 is 1. The summed E-state index contributed by atoms with van der Waals surface area (Å²) in [6, 6.07) is -0.103. The fourth-order valence-electron chi connectivity index (χ4n) is 0.551. The zero-order valence-corrected chi connectivity index (χ0v) is 5.72. The molecule has 11 heavy (non-hydrogen) atoms. The molecular weight excluding hydrogens is 153 g/mol. The molecule has 3 N–H and O–H groups in total. The van der Waals surface area contributed by atoms with Crippen molar-refractivity contribution in [2.24, 2.45) is 0 Å². The van der Waals surface area contributed by atoms with Gasteiger partial charge in [-0.1, -0.05) is 0 Å². The molecule has 0 aliphatic carbocycles. The van der Waals surface area contributed by atoms with E-state index >= 15 is 0 Å². The Morgan fingerprint density at radius 1 is 1.73 bits per heavy atom. The van der Waals surface area contributed by atoms with Crippen molar-refractivity contribution in [1.29, 1.82) is 0 Å². The number of ether oxygens (including phenoxy) is 1. The molecule has 5 nitrogen and oxygen atoms in total. The van der Waals surface area contributed by atoms with Crippen LogP contribution in [0.25, 0.3) is 0 Å². The van der Waals surface area contributed by atoms with Crippen molar-refractivity contribution in [1.82, 2.24) is 9.97 Å². The van der Waals surface area contributed by atoms with Gasteiger partial charge in [-0.2, -0.15) is 9.37 Å². The fourth-order valence-corrected chi connectivity index (χ4v) is 0.551. The highest BCUT2D eigenvalue weighted by molar-refractivity contribution is 5.29. The zero-order chi connectivity index (χ0) is 8.43. The molecule has 0 aliphatic rings. The molecule has 0 amide bonds. The Morgan fingerprint density at radius 2 is 2.36 bits per heavy atom. The van der Waals surface area contributed by atoms with Crippen LogP contribution in [0.1, 0.15) is 0 Å². The molecule has 0 atom stereocenters. The van der Waals surface area contributed by atoms with Crippen LogP contribution in [0.3, 0.4) is 0 Å². The largest absolute Gasteiger partial charge is 0.468 e. The summed E-state index contributed by atoms with van der Waals surface area (Å²) in [7, 11) is 1.29. The molecule has 0 unspecified atom stereocenters. The summed E-state index contributed by atoms with van der Waals surface area (Å²) in [6.07, 6.45) is 0. The first kappa shape index (κ1) is 7.52. The second kappa shape index (κ2) is 2.57. The van der Waals surface area contributed by atoms with Crippen LogP contribution in [0.5, 0.6) is 6.01 Å². The van der Waals surface area contributed by atoms with Gasteiger partial charge in [-0.05, 0) is 0 Å². The van der Waals surface area contributed by atoms with E-state index in [1.54, 1.807) is 0 Å². The Labute approximate surface area is 61.0 Å². The van der Waals surface area contributed by atoms with Gasteiger partial charge >= 0.3 is 0 Å². The SMILES string of the molecule is COc1nc(N)c(F)c(=O)[nH]1. The topological polar surface area (TPSA) is 81.0 Å². The van der Waals surface area contributed by atoms with Gasteiger partial charge in [0.2, 0.25) is 5.82 Å². The molecule has 60 valence electrons. The van der Waals surface area contributed by atoms with Crippen molar-refractivity contribution in [2.45, 2.75) is 0 Å². The lowest BCUT2D eigenvalue weighted by Gasteiger charge is -1.98. The van der Waals surface area contributed by atoms with Gasteiger partial charge in [-0.3, -0.25) is 9.78 Å².